The summed E-state index contributed by atoms with van der Waals surface area (Å²) in [5.41, 5.74) is 4.82. The van der Waals surface area contributed by atoms with Crippen molar-refractivity contribution in [3.05, 3.63) is 56.3 Å². The first kappa shape index (κ1) is 13.2. The van der Waals surface area contributed by atoms with Crippen molar-refractivity contribution in [2.75, 3.05) is 0 Å². The molecule has 3 rings (SSSR count). The second-order valence-corrected chi connectivity index (χ2v) is 6.63. The van der Waals surface area contributed by atoms with Crippen molar-refractivity contribution in [1.29, 1.82) is 0 Å². The molecule has 0 amide bonds. The van der Waals surface area contributed by atoms with Gasteiger partial charge in [0.05, 0.1) is 12.1 Å². The Bertz CT molecular complexity index is 851. The molecule has 3 aromatic rings. The third-order valence-electron chi connectivity index (χ3n) is 3.85. The first-order valence-electron chi connectivity index (χ1n) is 6.69. The molecular formula is C16H18N2OS. The minimum atomic E-state index is 0.0597. The number of aryl methyl sites for hydroxylation is 4. The van der Waals surface area contributed by atoms with Crippen LogP contribution in [-0.4, -0.2) is 9.13 Å². The number of thiophene rings is 1. The van der Waals surface area contributed by atoms with Gasteiger partial charge in [-0.05, 0) is 43.5 Å². The first-order valence-corrected chi connectivity index (χ1v) is 7.51. The molecule has 4 heteroatoms. The number of hydrogen-bond acceptors (Lipinski definition) is 2. The average Bonchev–Trinajstić information content (AvgIpc) is 2.87. The van der Waals surface area contributed by atoms with Gasteiger partial charge in [0.2, 0.25) is 0 Å². The van der Waals surface area contributed by atoms with Crippen LogP contribution in [0.5, 0.6) is 0 Å². The van der Waals surface area contributed by atoms with Crippen molar-refractivity contribution in [1.82, 2.24) is 9.13 Å². The minimum absolute atomic E-state index is 0.0597. The molecule has 0 saturated heterocycles. The fourth-order valence-corrected chi connectivity index (χ4v) is 3.55. The van der Waals surface area contributed by atoms with Crippen LogP contribution in [0.2, 0.25) is 0 Å². The van der Waals surface area contributed by atoms with Crippen LogP contribution in [0.4, 0.5) is 0 Å². The summed E-state index contributed by atoms with van der Waals surface area (Å²) in [5.74, 6) is 0. The van der Waals surface area contributed by atoms with E-state index in [2.05, 4.69) is 45.0 Å². The van der Waals surface area contributed by atoms with Gasteiger partial charge in [-0.1, -0.05) is 18.2 Å². The monoisotopic (exact) mass is 286 g/mol. The molecule has 0 N–H and O–H groups in total. The Balaban J connectivity index is 2.12. The van der Waals surface area contributed by atoms with Crippen LogP contribution in [0.1, 0.15) is 21.6 Å². The Morgan fingerprint density at radius 2 is 1.85 bits per heavy atom. The summed E-state index contributed by atoms with van der Waals surface area (Å²) in [6, 6.07) is 8.48. The van der Waals surface area contributed by atoms with Crippen LogP contribution in [0, 0.1) is 20.8 Å². The average molecular weight is 286 g/mol. The van der Waals surface area contributed by atoms with E-state index in [-0.39, 0.29) is 5.69 Å². The van der Waals surface area contributed by atoms with Crippen molar-refractivity contribution in [2.45, 2.75) is 27.3 Å². The van der Waals surface area contributed by atoms with Crippen LogP contribution in [-0.2, 0) is 13.6 Å². The molecule has 0 fully saturated rings. The molecule has 0 radical (unpaired) electrons. The maximum Gasteiger partial charge on any atom is 0.329 e. The lowest BCUT2D eigenvalue weighted by molar-refractivity contribution is 0.737. The van der Waals surface area contributed by atoms with Gasteiger partial charge in [0.25, 0.3) is 0 Å². The van der Waals surface area contributed by atoms with Crippen molar-refractivity contribution in [2.24, 2.45) is 7.05 Å². The highest BCUT2D eigenvalue weighted by Crippen LogP contribution is 2.24. The summed E-state index contributed by atoms with van der Waals surface area (Å²) < 4.78 is 3.61. The molecule has 104 valence electrons. The van der Waals surface area contributed by atoms with E-state index in [0.717, 1.165) is 10.3 Å². The maximum absolute atomic E-state index is 12.3. The zero-order valence-corrected chi connectivity index (χ0v) is 13.0. The number of fused-ring (bicyclic) bond motifs is 1. The summed E-state index contributed by atoms with van der Waals surface area (Å²) >= 11 is 1.68. The predicted molar refractivity (Wildman–Crippen MR) is 84.8 cm³/mol. The SMILES string of the molecule is Cc1cc2c(s1)n(Cc1ccc(C)c(C)c1)c(=O)n2C. The Morgan fingerprint density at radius 1 is 1.10 bits per heavy atom. The molecule has 0 saturated carbocycles. The lowest BCUT2D eigenvalue weighted by Gasteiger charge is -2.06. The van der Waals surface area contributed by atoms with Gasteiger partial charge in [0.15, 0.2) is 0 Å². The van der Waals surface area contributed by atoms with E-state index in [1.807, 2.05) is 11.6 Å². The summed E-state index contributed by atoms with van der Waals surface area (Å²) in [6.45, 7) is 6.93. The van der Waals surface area contributed by atoms with Crippen molar-refractivity contribution >= 4 is 21.7 Å². The standard InChI is InChI=1S/C16H18N2OS/c1-10-5-6-13(7-11(10)2)9-18-15-14(8-12(3)20-15)17(4)16(18)19/h5-8H,9H2,1-4H3. The van der Waals surface area contributed by atoms with E-state index < -0.39 is 0 Å². The quantitative estimate of drug-likeness (QED) is 0.709. The Hall–Kier alpha value is -1.81. The second kappa shape index (κ2) is 4.63. The van der Waals surface area contributed by atoms with Crippen LogP contribution < -0.4 is 5.69 Å². The van der Waals surface area contributed by atoms with Crippen LogP contribution in [0.3, 0.4) is 0 Å². The molecular weight excluding hydrogens is 268 g/mol. The smallest absolute Gasteiger partial charge is 0.294 e. The van der Waals surface area contributed by atoms with Gasteiger partial charge in [-0.2, -0.15) is 0 Å². The molecule has 0 aliphatic carbocycles. The topological polar surface area (TPSA) is 26.9 Å². The molecule has 0 unspecified atom stereocenters. The number of nitrogens with zero attached hydrogens (tertiary/aromatic N) is 2. The zero-order chi connectivity index (χ0) is 14.4. The Labute approximate surface area is 122 Å². The Kier molecular flexibility index (Phi) is 3.05. The zero-order valence-electron chi connectivity index (χ0n) is 12.2. The van der Waals surface area contributed by atoms with Crippen molar-refractivity contribution in [3.8, 4) is 0 Å². The summed E-state index contributed by atoms with van der Waals surface area (Å²) in [7, 11) is 1.84. The van der Waals surface area contributed by atoms with Crippen LogP contribution in [0.15, 0.2) is 29.1 Å². The summed E-state index contributed by atoms with van der Waals surface area (Å²) in [5, 5.41) is 0. The van der Waals surface area contributed by atoms with Gasteiger partial charge >= 0.3 is 5.69 Å². The number of aromatic nitrogens is 2. The highest BCUT2D eigenvalue weighted by atomic mass is 32.1. The lowest BCUT2D eigenvalue weighted by Crippen LogP contribution is -2.22. The molecule has 0 bridgehead atoms. The molecule has 0 atom stereocenters. The summed E-state index contributed by atoms with van der Waals surface area (Å²) in [6.07, 6.45) is 0. The molecule has 0 spiro atoms. The normalized spacial score (nSPS) is 11.4. The van der Waals surface area contributed by atoms with Gasteiger partial charge in [-0.25, -0.2) is 4.79 Å². The van der Waals surface area contributed by atoms with E-state index in [9.17, 15) is 4.79 Å². The second-order valence-electron chi connectivity index (χ2n) is 5.39. The molecule has 2 heterocycles. The van der Waals surface area contributed by atoms with E-state index in [4.69, 9.17) is 0 Å². The largest absolute Gasteiger partial charge is 0.329 e. The van der Waals surface area contributed by atoms with Crippen LogP contribution in [0.25, 0.3) is 10.3 Å². The van der Waals surface area contributed by atoms with Crippen molar-refractivity contribution in [3.63, 3.8) is 0 Å². The maximum atomic E-state index is 12.3. The van der Waals surface area contributed by atoms with E-state index >= 15 is 0 Å². The fourth-order valence-electron chi connectivity index (χ4n) is 2.52. The fraction of sp³-hybridized carbons (Fsp3) is 0.312. The first-order chi connectivity index (χ1) is 9.47. The number of imidazole rings is 1. The van der Waals surface area contributed by atoms with E-state index in [0.29, 0.717) is 6.54 Å². The summed E-state index contributed by atoms with van der Waals surface area (Å²) in [4.78, 5) is 14.6. The molecule has 2 aromatic heterocycles. The third-order valence-corrected chi connectivity index (χ3v) is 4.92. The van der Waals surface area contributed by atoms with E-state index in [1.54, 1.807) is 15.9 Å². The molecule has 0 aliphatic heterocycles. The lowest BCUT2D eigenvalue weighted by atomic mass is 10.1. The van der Waals surface area contributed by atoms with Gasteiger partial charge in [0.1, 0.15) is 4.83 Å². The molecule has 3 nitrogen and oxygen atoms in total. The van der Waals surface area contributed by atoms with Crippen molar-refractivity contribution < 1.29 is 0 Å². The van der Waals surface area contributed by atoms with Gasteiger partial charge in [-0.3, -0.25) is 9.13 Å². The van der Waals surface area contributed by atoms with E-state index in [1.165, 1.54) is 21.6 Å². The highest BCUT2D eigenvalue weighted by molar-refractivity contribution is 7.18. The van der Waals surface area contributed by atoms with Gasteiger partial charge in [0, 0.05) is 11.9 Å². The van der Waals surface area contributed by atoms with Gasteiger partial charge < -0.3 is 0 Å². The molecule has 1 aromatic carbocycles. The number of benzene rings is 1. The molecule has 20 heavy (non-hydrogen) atoms. The molecule has 0 aliphatic rings. The predicted octanol–water partition coefficient (Wildman–Crippen LogP) is 3.38. The third kappa shape index (κ3) is 2.00. The number of rotatable bonds is 2. The van der Waals surface area contributed by atoms with Gasteiger partial charge in [-0.15, -0.1) is 11.3 Å². The minimum Gasteiger partial charge on any atom is -0.294 e. The number of hydrogen-bond donors (Lipinski definition) is 0. The van der Waals surface area contributed by atoms with Crippen LogP contribution >= 0.6 is 11.3 Å². The highest BCUT2D eigenvalue weighted by Gasteiger charge is 2.13. The Morgan fingerprint density at radius 3 is 2.55 bits per heavy atom.